The first kappa shape index (κ1) is 26.7. The largest absolute Gasteiger partial charge is 0.480 e. The van der Waals surface area contributed by atoms with Crippen LogP contribution in [0.2, 0.25) is 0 Å². The zero-order valence-corrected chi connectivity index (χ0v) is 17.8. The van der Waals surface area contributed by atoms with Gasteiger partial charge in [-0.1, -0.05) is 12.1 Å². The molecule has 34 heavy (non-hydrogen) atoms. The van der Waals surface area contributed by atoms with Gasteiger partial charge in [0.15, 0.2) is 12.4 Å². The topological polar surface area (TPSA) is 242 Å². The molecule has 0 aliphatic carbocycles. The zero-order chi connectivity index (χ0) is 25.2. The van der Waals surface area contributed by atoms with Gasteiger partial charge in [0.1, 0.15) is 54.5 Å². The molecular formula is C20H29NO13. The molecule has 10 N–H and O–H groups in total. The van der Waals surface area contributed by atoms with Gasteiger partial charge in [-0.2, -0.15) is 0 Å². The highest BCUT2D eigenvalue weighted by Gasteiger charge is 2.51. The second-order valence-corrected chi connectivity index (χ2v) is 8.01. The lowest BCUT2D eigenvalue weighted by Crippen LogP contribution is -2.65. The lowest BCUT2D eigenvalue weighted by Gasteiger charge is -2.45. The van der Waals surface area contributed by atoms with Crippen molar-refractivity contribution in [3.8, 4) is 5.75 Å². The number of aliphatic carboxylic acids is 1. The summed E-state index contributed by atoms with van der Waals surface area (Å²) in [7, 11) is 0. The fourth-order valence-corrected chi connectivity index (χ4v) is 3.66. The van der Waals surface area contributed by atoms with E-state index in [9.17, 15) is 40.5 Å². The molecule has 2 heterocycles. The predicted molar refractivity (Wildman–Crippen MR) is 108 cm³/mol. The molecule has 14 heteroatoms. The number of carboxylic acids is 1. The van der Waals surface area contributed by atoms with E-state index in [-0.39, 0.29) is 11.3 Å². The highest BCUT2D eigenvalue weighted by Crippen LogP contribution is 2.30. The Morgan fingerprint density at radius 2 is 1.38 bits per heavy atom. The van der Waals surface area contributed by atoms with E-state index in [0.29, 0.717) is 0 Å². The van der Waals surface area contributed by atoms with Gasteiger partial charge >= 0.3 is 5.97 Å². The van der Waals surface area contributed by atoms with Crippen molar-refractivity contribution in [3.05, 3.63) is 29.8 Å². The summed E-state index contributed by atoms with van der Waals surface area (Å²) >= 11 is 0. The van der Waals surface area contributed by atoms with E-state index >= 15 is 0 Å². The normalized spacial score (nSPS) is 39.4. The Labute approximate surface area is 193 Å². The van der Waals surface area contributed by atoms with Crippen LogP contribution in [0.1, 0.15) is 11.6 Å². The van der Waals surface area contributed by atoms with Gasteiger partial charge < -0.3 is 65.5 Å². The minimum atomic E-state index is -1.80. The average molecular weight is 491 g/mol. The van der Waals surface area contributed by atoms with E-state index in [1.165, 1.54) is 24.3 Å². The van der Waals surface area contributed by atoms with Crippen LogP contribution in [0.15, 0.2) is 24.3 Å². The van der Waals surface area contributed by atoms with Crippen LogP contribution in [0.4, 0.5) is 0 Å². The molecule has 2 aliphatic rings. The number of nitrogens with two attached hydrogens (primary N) is 1. The number of ether oxygens (including phenoxy) is 4. The quantitative estimate of drug-likeness (QED) is 0.167. The number of benzene rings is 1. The highest BCUT2D eigenvalue weighted by molar-refractivity contribution is 5.75. The van der Waals surface area contributed by atoms with E-state index < -0.39 is 86.6 Å². The fourth-order valence-electron chi connectivity index (χ4n) is 3.66. The molecule has 0 amide bonds. The first-order valence-corrected chi connectivity index (χ1v) is 10.4. The number of hydrogen-bond donors (Lipinski definition) is 9. The summed E-state index contributed by atoms with van der Waals surface area (Å²) in [5.41, 5.74) is 5.84. The van der Waals surface area contributed by atoms with Crippen molar-refractivity contribution in [1.82, 2.24) is 0 Å². The second kappa shape index (κ2) is 11.2. The molecule has 0 bridgehead atoms. The van der Waals surface area contributed by atoms with Crippen LogP contribution in [-0.2, 0) is 19.0 Å². The molecule has 0 spiro atoms. The van der Waals surface area contributed by atoms with E-state index in [1.54, 1.807) is 0 Å². The molecule has 192 valence electrons. The summed E-state index contributed by atoms with van der Waals surface area (Å²) in [4.78, 5) is 11.0. The number of rotatable bonds is 8. The zero-order valence-electron chi connectivity index (χ0n) is 17.8. The summed E-state index contributed by atoms with van der Waals surface area (Å²) in [6.07, 6.45) is -15.8. The van der Waals surface area contributed by atoms with E-state index in [4.69, 9.17) is 29.8 Å². The number of carboxylic acid groups (broad SMARTS) is 1. The summed E-state index contributed by atoms with van der Waals surface area (Å²) in [6.45, 7) is -1.40. The van der Waals surface area contributed by atoms with Crippen LogP contribution >= 0.6 is 0 Å². The van der Waals surface area contributed by atoms with Crippen molar-refractivity contribution in [1.29, 1.82) is 0 Å². The minimum absolute atomic E-state index is 0.119. The summed E-state index contributed by atoms with van der Waals surface area (Å²) in [5.74, 6) is -1.12. The van der Waals surface area contributed by atoms with Gasteiger partial charge in [0.2, 0.25) is 6.29 Å². The molecule has 1 aromatic rings. The summed E-state index contributed by atoms with van der Waals surface area (Å²) in [5, 5.41) is 78.8. The van der Waals surface area contributed by atoms with Crippen molar-refractivity contribution in [2.75, 3.05) is 13.2 Å². The third kappa shape index (κ3) is 5.48. The standard InChI is InChI=1S/C20H29NO13/c21-11(18(29)30)7-1-3-8(4-2-7)31-20-17(15(27)13(25)10(6-23)33-20)34-19-16(28)14(26)12(24)9(5-22)32-19/h1-4,9-17,19-20,22-28H,5-6,21H2,(H,29,30)/t9-,10-,11-,12-,13-,14+,15+,16-,17+,19+,20-/m0/s1. The first-order valence-electron chi connectivity index (χ1n) is 10.4. The van der Waals surface area contributed by atoms with Crippen LogP contribution in [0.25, 0.3) is 0 Å². The highest BCUT2D eigenvalue weighted by atomic mass is 16.8. The Balaban J connectivity index is 1.81. The van der Waals surface area contributed by atoms with Crippen LogP contribution in [0.3, 0.4) is 0 Å². The van der Waals surface area contributed by atoms with Gasteiger partial charge in [0.25, 0.3) is 0 Å². The van der Waals surface area contributed by atoms with Gasteiger partial charge in [-0.15, -0.1) is 0 Å². The van der Waals surface area contributed by atoms with Crippen molar-refractivity contribution in [2.24, 2.45) is 5.73 Å². The van der Waals surface area contributed by atoms with Gasteiger partial charge in [-0.05, 0) is 17.7 Å². The van der Waals surface area contributed by atoms with Crippen LogP contribution in [-0.4, -0.2) is 121 Å². The Hall–Kier alpha value is -1.95. The molecule has 0 unspecified atom stereocenters. The molecular weight excluding hydrogens is 462 g/mol. The van der Waals surface area contributed by atoms with Crippen molar-refractivity contribution < 1.29 is 64.6 Å². The van der Waals surface area contributed by atoms with Crippen molar-refractivity contribution >= 4 is 5.97 Å². The van der Waals surface area contributed by atoms with Gasteiger partial charge in [0.05, 0.1) is 13.2 Å². The van der Waals surface area contributed by atoms with E-state index in [1.807, 2.05) is 0 Å². The van der Waals surface area contributed by atoms with Gasteiger partial charge in [0, 0.05) is 0 Å². The summed E-state index contributed by atoms with van der Waals surface area (Å²) in [6, 6.07) is 4.26. The molecule has 0 aromatic heterocycles. The van der Waals surface area contributed by atoms with Crippen LogP contribution < -0.4 is 10.5 Å². The molecule has 2 saturated heterocycles. The maximum absolute atomic E-state index is 11.0. The Kier molecular flexibility index (Phi) is 8.77. The monoisotopic (exact) mass is 491 g/mol. The number of hydrogen-bond acceptors (Lipinski definition) is 13. The minimum Gasteiger partial charge on any atom is -0.480 e. The molecule has 0 radical (unpaired) electrons. The lowest BCUT2D eigenvalue weighted by atomic mass is 9.97. The van der Waals surface area contributed by atoms with Gasteiger partial charge in [-0.25, -0.2) is 0 Å². The maximum Gasteiger partial charge on any atom is 0.325 e. The Morgan fingerprint density at radius 1 is 0.853 bits per heavy atom. The third-order valence-electron chi connectivity index (χ3n) is 5.72. The predicted octanol–water partition coefficient (Wildman–Crippen LogP) is -4.23. The fraction of sp³-hybridized carbons (Fsp3) is 0.650. The maximum atomic E-state index is 11.0. The number of aliphatic hydroxyl groups excluding tert-OH is 7. The molecule has 1 aromatic carbocycles. The molecule has 14 nitrogen and oxygen atoms in total. The Morgan fingerprint density at radius 3 is 1.91 bits per heavy atom. The van der Waals surface area contributed by atoms with Crippen molar-refractivity contribution in [2.45, 2.75) is 67.5 Å². The SMILES string of the molecule is N[C@H](C(=O)O)c1ccc(O[C@H]2O[C@@H](CO)[C@H](O)[C@@H](O)[C@H]2O[C@H]2O[C@@H](CO)[C@H](O)[C@@H](O)[C@@H]2O)cc1. The smallest absolute Gasteiger partial charge is 0.325 e. The first-order chi connectivity index (χ1) is 16.1. The third-order valence-corrected chi connectivity index (χ3v) is 5.72. The molecule has 2 fully saturated rings. The molecule has 2 aliphatic heterocycles. The van der Waals surface area contributed by atoms with E-state index in [2.05, 4.69) is 0 Å². The number of carbonyl (C=O) groups is 1. The van der Waals surface area contributed by atoms with Crippen LogP contribution in [0.5, 0.6) is 5.75 Å². The van der Waals surface area contributed by atoms with Gasteiger partial charge in [-0.3, -0.25) is 4.79 Å². The Bertz CT molecular complexity index is 808. The molecule has 3 rings (SSSR count). The van der Waals surface area contributed by atoms with Crippen molar-refractivity contribution in [3.63, 3.8) is 0 Å². The summed E-state index contributed by atoms with van der Waals surface area (Å²) < 4.78 is 22.0. The number of aliphatic hydroxyl groups is 7. The molecule has 11 atom stereocenters. The lowest BCUT2D eigenvalue weighted by molar-refractivity contribution is -0.357. The van der Waals surface area contributed by atoms with E-state index in [0.717, 1.165) is 0 Å². The van der Waals surface area contributed by atoms with Crippen LogP contribution in [0, 0.1) is 0 Å². The molecule has 0 saturated carbocycles. The average Bonchev–Trinajstić information content (AvgIpc) is 2.83. The second-order valence-electron chi connectivity index (χ2n) is 8.01.